The summed E-state index contributed by atoms with van der Waals surface area (Å²) in [7, 11) is -3.61. The first-order valence-electron chi connectivity index (χ1n) is 6.23. The number of thiazole rings is 1. The minimum Gasteiger partial charge on any atom is -0.326 e. The Hall–Kier alpha value is -0.800. The lowest BCUT2D eigenvalue weighted by Crippen LogP contribution is -2.23. The lowest BCUT2D eigenvalue weighted by Gasteiger charge is -2.11. The van der Waals surface area contributed by atoms with Gasteiger partial charge in [-0.2, -0.15) is 0 Å². The molecule has 0 atom stereocenters. The summed E-state index contributed by atoms with van der Waals surface area (Å²) in [5, 5.41) is 0.909. The highest BCUT2D eigenvalue weighted by Gasteiger charge is 2.20. The first-order chi connectivity index (χ1) is 9.83. The second-order valence-electron chi connectivity index (χ2n) is 4.60. The number of halogens is 1. The minimum absolute atomic E-state index is 0.212. The van der Waals surface area contributed by atoms with E-state index < -0.39 is 10.0 Å². The normalized spacial score (nSPS) is 11.8. The quantitative estimate of drug-likeness (QED) is 0.822. The van der Waals surface area contributed by atoms with Crippen LogP contribution in [-0.4, -0.2) is 13.4 Å². The molecule has 1 aromatic carbocycles. The van der Waals surface area contributed by atoms with Crippen LogP contribution in [0.4, 0.5) is 0 Å². The fraction of sp³-hybridized carbons (Fsp3) is 0.308. The molecule has 5 nitrogen and oxygen atoms in total. The maximum Gasteiger partial charge on any atom is 0.242 e. The van der Waals surface area contributed by atoms with E-state index in [1.807, 2.05) is 19.9 Å². The van der Waals surface area contributed by atoms with Crippen LogP contribution in [0, 0.1) is 13.8 Å². The van der Waals surface area contributed by atoms with E-state index in [1.165, 1.54) is 11.3 Å². The zero-order chi connectivity index (χ0) is 15.6. The van der Waals surface area contributed by atoms with Gasteiger partial charge in [-0.3, -0.25) is 0 Å². The van der Waals surface area contributed by atoms with E-state index in [0.29, 0.717) is 11.0 Å². The van der Waals surface area contributed by atoms with Gasteiger partial charge in [-0.05, 0) is 47.0 Å². The Labute approximate surface area is 136 Å². The number of rotatable bonds is 5. The van der Waals surface area contributed by atoms with Crippen LogP contribution in [0.2, 0.25) is 0 Å². The Morgan fingerprint density at radius 2 is 2.10 bits per heavy atom. The Morgan fingerprint density at radius 3 is 2.67 bits per heavy atom. The number of nitrogens with two attached hydrogens (primary N) is 1. The summed E-state index contributed by atoms with van der Waals surface area (Å²) in [5.74, 6) is 0. The topological polar surface area (TPSA) is 85.1 Å². The predicted molar refractivity (Wildman–Crippen MR) is 87.6 cm³/mol. The zero-order valence-electron chi connectivity index (χ0n) is 11.7. The van der Waals surface area contributed by atoms with Crippen LogP contribution in [0.5, 0.6) is 0 Å². The monoisotopic (exact) mass is 389 g/mol. The van der Waals surface area contributed by atoms with Gasteiger partial charge in [0.15, 0.2) is 0 Å². The molecule has 3 N–H and O–H groups in total. The number of nitrogens with one attached hydrogen (secondary N) is 1. The van der Waals surface area contributed by atoms with Crippen LogP contribution < -0.4 is 10.5 Å². The van der Waals surface area contributed by atoms with Crippen molar-refractivity contribution in [1.82, 2.24) is 9.71 Å². The highest BCUT2D eigenvalue weighted by molar-refractivity contribution is 9.10. The Balaban J connectivity index is 2.29. The molecule has 0 aliphatic rings. The number of aromatic nitrogens is 1. The predicted octanol–water partition coefficient (Wildman–Crippen LogP) is 2.46. The number of nitrogens with zero attached hydrogens (tertiary/aromatic N) is 1. The Bertz CT molecular complexity index is 757. The molecular formula is C13H16BrN3O2S2. The standard InChI is InChI=1S/C13H16BrN3O2S2/c1-8-3-10(5-15)4-12(13(8)14)21(18,19)17-7-11-6-16-9(2)20-11/h3-4,6,17H,5,7,15H2,1-2H3. The van der Waals surface area contributed by atoms with E-state index in [4.69, 9.17) is 5.73 Å². The van der Waals surface area contributed by atoms with E-state index in [-0.39, 0.29) is 11.4 Å². The molecule has 0 saturated carbocycles. The molecule has 8 heteroatoms. The molecule has 114 valence electrons. The van der Waals surface area contributed by atoms with Crippen molar-refractivity contribution in [3.63, 3.8) is 0 Å². The van der Waals surface area contributed by atoms with Crippen molar-refractivity contribution in [3.05, 3.63) is 43.8 Å². The molecule has 1 heterocycles. The minimum atomic E-state index is -3.61. The van der Waals surface area contributed by atoms with Crippen molar-refractivity contribution in [2.45, 2.75) is 31.8 Å². The molecule has 0 radical (unpaired) electrons. The summed E-state index contributed by atoms with van der Waals surface area (Å²) in [6.45, 7) is 4.25. The van der Waals surface area contributed by atoms with Gasteiger partial charge in [-0.15, -0.1) is 11.3 Å². The molecule has 0 unspecified atom stereocenters. The summed E-state index contributed by atoms with van der Waals surface area (Å²) >= 11 is 4.81. The average molecular weight is 390 g/mol. The van der Waals surface area contributed by atoms with E-state index in [2.05, 4.69) is 25.6 Å². The van der Waals surface area contributed by atoms with Gasteiger partial charge in [-0.1, -0.05) is 6.07 Å². The van der Waals surface area contributed by atoms with Crippen LogP contribution in [-0.2, 0) is 23.1 Å². The number of sulfonamides is 1. The van der Waals surface area contributed by atoms with Crippen LogP contribution in [0.3, 0.4) is 0 Å². The smallest absolute Gasteiger partial charge is 0.242 e. The van der Waals surface area contributed by atoms with Crippen molar-refractivity contribution < 1.29 is 8.42 Å². The third kappa shape index (κ3) is 3.89. The molecule has 2 aromatic rings. The van der Waals surface area contributed by atoms with Gasteiger partial charge >= 0.3 is 0 Å². The molecule has 0 saturated heterocycles. The second-order valence-corrected chi connectivity index (χ2v) is 8.45. The summed E-state index contributed by atoms with van der Waals surface area (Å²) in [4.78, 5) is 5.19. The molecule has 0 amide bonds. The van der Waals surface area contributed by atoms with Gasteiger partial charge in [0.2, 0.25) is 10.0 Å². The Kier molecular flexibility index (Phi) is 5.15. The SMILES string of the molecule is Cc1ncc(CNS(=O)(=O)c2cc(CN)cc(C)c2Br)s1. The fourth-order valence-corrected chi connectivity index (χ4v) is 4.75. The maximum atomic E-state index is 12.5. The van der Waals surface area contributed by atoms with Crippen molar-refractivity contribution >= 4 is 37.3 Å². The largest absolute Gasteiger partial charge is 0.326 e. The molecule has 0 spiro atoms. The number of aryl methyl sites for hydroxylation is 2. The summed E-state index contributed by atoms with van der Waals surface area (Å²) < 4.78 is 28.1. The van der Waals surface area contributed by atoms with Crippen LogP contribution in [0.1, 0.15) is 21.0 Å². The van der Waals surface area contributed by atoms with Gasteiger partial charge in [0.1, 0.15) is 0 Å². The molecule has 0 bridgehead atoms. The maximum absolute atomic E-state index is 12.5. The molecular weight excluding hydrogens is 374 g/mol. The number of hydrogen-bond donors (Lipinski definition) is 2. The molecule has 0 aliphatic carbocycles. The first-order valence-corrected chi connectivity index (χ1v) is 9.33. The molecule has 21 heavy (non-hydrogen) atoms. The lowest BCUT2D eigenvalue weighted by molar-refractivity contribution is 0.581. The van der Waals surface area contributed by atoms with E-state index >= 15 is 0 Å². The second kappa shape index (κ2) is 6.53. The van der Waals surface area contributed by atoms with Crippen molar-refractivity contribution in [2.24, 2.45) is 5.73 Å². The van der Waals surface area contributed by atoms with Crippen LogP contribution >= 0.6 is 27.3 Å². The Morgan fingerprint density at radius 1 is 1.38 bits per heavy atom. The summed E-state index contributed by atoms with van der Waals surface area (Å²) in [6, 6.07) is 3.47. The summed E-state index contributed by atoms with van der Waals surface area (Å²) in [6.07, 6.45) is 1.68. The van der Waals surface area contributed by atoms with Gasteiger partial charge < -0.3 is 5.73 Å². The molecule has 1 aromatic heterocycles. The van der Waals surface area contributed by atoms with Crippen molar-refractivity contribution in [2.75, 3.05) is 0 Å². The fourth-order valence-electron chi connectivity index (χ4n) is 1.85. The number of hydrogen-bond acceptors (Lipinski definition) is 5. The van der Waals surface area contributed by atoms with Gasteiger partial charge in [0, 0.05) is 28.6 Å². The van der Waals surface area contributed by atoms with Gasteiger partial charge in [0.05, 0.1) is 9.90 Å². The van der Waals surface area contributed by atoms with Crippen molar-refractivity contribution in [1.29, 1.82) is 0 Å². The third-order valence-corrected chi connectivity index (χ3v) is 6.56. The highest BCUT2D eigenvalue weighted by Crippen LogP contribution is 2.27. The highest BCUT2D eigenvalue weighted by atomic mass is 79.9. The summed E-state index contributed by atoms with van der Waals surface area (Å²) in [5.41, 5.74) is 7.23. The third-order valence-electron chi connectivity index (χ3n) is 2.91. The van der Waals surface area contributed by atoms with Gasteiger partial charge in [-0.25, -0.2) is 18.1 Å². The van der Waals surface area contributed by atoms with Crippen LogP contribution in [0.25, 0.3) is 0 Å². The molecule has 0 fully saturated rings. The van der Waals surface area contributed by atoms with Gasteiger partial charge in [0.25, 0.3) is 0 Å². The average Bonchev–Trinajstić information content (AvgIpc) is 2.85. The van der Waals surface area contributed by atoms with Crippen LogP contribution in [0.15, 0.2) is 27.7 Å². The molecule has 2 rings (SSSR count). The van der Waals surface area contributed by atoms with E-state index in [0.717, 1.165) is 21.0 Å². The van der Waals surface area contributed by atoms with E-state index in [1.54, 1.807) is 12.3 Å². The zero-order valence-corrected chi connectivity index (χ0v) is 14.9. The molecule has 0 aliphatic heterocycles. The van der Waals surface area contributed by atoms with Crippen molar-refractivity contribution in [3.8, 4) is 0 Å². The first kappa shape index (κ1) is 16.6. The lowest BCUT2D eigenvalue weighted by atomic mass is 10.1. The van der Waals surface area contributed by atoms with E-state index in [9.17, 15) is 8.42 Å². The number of benzene rings is 1.